The molecule has 1 aromatic heterocycles. The van der Waals surface area contributed by atoms with Gasteiger partial charge in [-0.15, -0.1) is 0 Å². The quantitative estimate of drug-likeness (QED) is 0.783. The van der Waals surface area contributed by atoms with Crippen molar-refractivity contribution in [3.63, 3.8) is 0 Å². The van der Waals surface area contributed by atoms with E-state index < -0.39 is 11.7 Å². The predicted molar refractivity (Wildman–Crippen MR) is 84.7 cm³/mol. The first-order chi connectivity index (χ1) is 10.0. The highest BCUT2D eigenvalue weighted by atomic mass is 35.5. The highest BCUT2D eigenvalue weighted by Gasteiger charge is 2.18. The van der Waals surface area contributed by atoms with Crippen LogP contribution in [0.2, 0.25) is 5.02 Å². The molecule has 0 bridgehead atoms. The van der Waals surface area contributed by atoms with E-state index in [0.717, 1.165) is 24.3 Å². The molecule has 0 aliphatic heterocycles. The Morgan fingerprint density at radius 1 is 1.52 bits per heavy atom. The van der Waals surface area contributed by atoms with Gasteiger partial charge in [0.1, 0.15) is 10.7 Å². The van der Waals surface area contributed by atoms with E-state index in [1.807, 2.05) is 6.92 Å². The predicted octanol–water partition coefficient (Wildman–Crippen LogP) is 3.59. The highest BCUT2D eigenvalue weighted by molar-refractivity contribution is 7.18. The van der Waals surface area contributed by atoms with Gasteiger partial charge in [-0.1, -0.05) is 35.9 Å². The smallest absolute Gasteiger partial charge is 0.269 e. The van der Waals surface area contributed by atoms with Gasteiger partial charge in [-0.05, 0) is 18.6 Å². The molecule has 2 aromatic rings. The molecule has 4 N–H and O–H groups in total. The second-order valence-corrected chi connectivity index (χ2v) is 5.62. The molecule has 1 amide bonds. The maximum absolute atomic E-state index is 13.7. The summed E-state index contributed by atoms with van der Waals surface area (Å²) < 4.78 is 13.7. The first-order valence-corrected chi connectivity index (χ1v) is 7.48. The van der Waals surface area contributed by atoms with Gasteiger partial charge in [-0.2, -0.15) is 0 Å². The summed E-state index contributed by atoms with van der Waals surface area (Å²) in [5, 5.41) is 5.99. The third-order valence-corrected chi connectivity index (χ3v) is 3.91. The topological polar surface area (TPSA) is 80.0 Å². The average molecular weight is 329 g/mol. The van der Waals surface area contributed by atoms with Crippen molar-refractivity contribution in [3.05, 3.63) is 33.9 Å². The summed E-state index contributed by atoms with van der Waals surface area (Å²) in [5.41, 5.74) is 5.72. The number of anilines is 3. The zero-order chi connectivity index (χ0) is 15.4. The number of nitrogens with two attached hydrogens (primary N) is 1. The molecule has 2 rings (SSSR count). The molecular weight excluding hydrogens is 315 g/mol. The molecule has 1 aromatic carbocycles. The lowest BCUT2D eigenvalue weighted by Gasteiger charge is -2.06. The number of thiazole rings is 1. The van der Waals surface area contributed by atoms with Crippen LogP contribution in [-0.2, 0) is 0 Å². The molecule has 0 aliphatic carbocycles. The van der Waals surface area contributed by atoms with Crippen molar-refractivity contribution in [1.29, 1.82) is 0 Å². The third kappa shape index (κ3) is 3.62. The fourth-order valence-corrected chi connectivity index (χ4v) is 2.56. The second kappa shape index (κ2) is 6.73. The summed E-state index contributed by atoms with van der Waals surface area (Å²) in [5.74, 6) is -1.09. The number of amides is 1. The lowest BCUT2D eigenvalue weighted by Crippen LogP contribution is -2.13. The molecule has 0 atom stereocenters. The lowest BCUT2D eigenvalue weighted by atomic mass is 10.3. The molecule has 0 unspecified atom stereocenters. The molecule has 0 saturated heterocycles. The maximum Gasteiger partial charge on any atom is 0.269 e. The molecular formula is C13H14ClFN4OS. The van der Waals surface area contributed by atoms with Crippen molar-refractivity contribution in [2.75, 3.05) is 22.9 Å². The Morgan fingerprint density at radius 3 is 3.00 bits per heavy atom. The Kier molecular flexibility index (Phi) is 4.98. The van der Waals surface area contributed by atoms with Crippen LogP contribution in [0.25, 0.3) is 0 Å². The van der Waals surface area contributed by atoms with Crippen LogP contribution in [0.15, 0.2) is 18.2 Å². The Morgan fingerprint density at radius 2 is 2.29 bits per heavy atom. The number of nitrogens with one attached hydrogen (secondary N) is 2. The minimum atomic E-state index is -0.681. The number of aromatic nitrogens is 1. The minimum Gasteiger partial charge on any atom is -0.382 e. The Labute approximate surface area is 130 Å². The second-order valence-electron chi connectivity index (χ2n) is 4.22. The summed E-state index contributed by atoms with van der Waals surface area (Å²) >= 11 is 6.79. The van der Waals surface area contributed by atoms with Crippen LogP contribution >= 0.6 is 22.9 Å². The fraction of sp³-hybridized carbons (Fsp3) is 0.231. The monoisotopic (exact) mass is 328 g/mol. The largest absolute Gasteiger partial charge is 0.382 e. The van der Waals surface area contributed by atoms with E-state index in [2.05, 4.69) is 15.6 Å². The van der Waals surface area contributed by atoms with E-state index in [9.17, 15) is 9.18 Å². The van der Waals surface area contributed by atoms with E-state index in [1.54, 1.807) is 6.07 Å². The Bertz CT molecular complexity index is 662. The van der Waals surface area contributed by atoms with E-state index in [0.29, 0.717) is 5.13 Å². The summed E-state index contributed by atoms with van der Waals surface area (Å²) in [6.45, 7) is 2.75. The lowest BCUT2D eigenvalue weighted by molar-refractivity contribution is 0.103. The summed E-state index contributed by atoms with van der Waals surface area (Å²) in [4.78, 5) is 16.4. The van der Waals surface area contributed by atoms with E-state index in [-0.39, 0.29) is 21.4 Å². The summed E-state index contributed by atoms with van der Waals surface area (Å²) in [6.07, 6.45) is 0.925. The van der Waals surface area contributed by atoms with Crippen LogP contribution in [0.1, 0.15) is 23.0 Å². The van der Waals surface area contributed by atoms with Crippen LogP contribution < -0.4 is 16.4 Å². The SMILES string of the molecule is CCCNc1nc(N)c(C(=O)Nc2cccc(Cl)c2F)s1. The molecule has 0 spiro atoms. The first kappa shape index (κ1) is 15.5. The van der Waals surface area contributed by atoms with Gasteiger partial charge in [0, 0.05) is 6.54 Å². The van der Waals surface area contributed by atoms with Crippen molar-refractivity contribution in [3.8, 4) is 0 Å². The van der Waals surface area contributed by atoms with Crippen LogP contribution in [0, 0.1) is 5.82 Å². The van der Waals surface area contributed by atoms with Gasteiger partial charge in [0.15, 0.2) is 10.9 Å². The minimum absolute atomic E-state index is 0.00312. The van der Waals surface area contributed by atoms with Gasteiger partial charge >= 0.3 is 0 Å². The van der Waals surface area contributed by atoms with E-state index in [4.69, 9.17) is 17.3 Å². The molecule has 0 radical (unpaired) electrons. The Hall–Kier alpha value is -1.86. The zero-order valence-corrected chi connectivity index (χ0v) is 12.8. The fourth-order valence-electron chi connectivity index (χ4n) is 1.58. The molecule has 1 heterocycles. The maximum atomic E-state index is 13.7. The molecule has 0 aliphatic rings. The van der Waals surface area contributed by atoms with Gasteiger partial charge in [0.25, 0.3) is 5.91 Å². The van der Waals surface area contributed by atoms with Crippen LogP contribution in [0.5, 0.6) is 0 Å². The van der Waals surface area contributed by atoms with Gasteiger partial charge in [0.2, 0.25) is 0 Å². The van der Waals surface area contributed by atoms with Crippen molar-refractivity contribution >= 4 is 45.5 Å². The summed E-state index contributed by atoms with van der Waals surface area (Å²) in [6, 6.07) is 4.37. The number of hydrogen-bond acceptors (Lipinski definition) is 5. The molecule has 5 nitrogen and oxygen atoms in total. The number of carbonyl (C=O) groups excluding carboxylic acids is 1. The highest BCUT2D eigenvalue weighted by Crippen LogP contribution is 2.27. The number of halogens is 2. The molecule has 21 heavy (non-hydrogen) atoms. The zero-order valence-electron chi connectivity index (χ0n) is 11.2. The number of hydrogen-bond donors (Lipinski definition) is 3. The number of carbonyl (C=O) groups is 1. The van der Waals surface area contributed by atoms with Crippen molar-refractivity contribution in [1.82, 2.24) is 4.98 Å². The van der Waals surface area contributed by atoms with Gasteiger partial charge in [-0.3, -0.25) is 4.79 Å². The van der Waals surface area contributed by atoms with Crippen molar-refractivity contribution < 1.29 is 9.18 Å². The number of rotatable bonds is 5. The van der Waals surface area contributed by atoms with Crippen LogP contribution in [0.3, 0.4) is 0 Å². The average Bonchev–Trinajstić information content (AvgIpc) is 2.83. The number of nitrogen functional groups attached to an aromatic ring is 1. The molecule has 112 valence electrons. The number of nitrogens with zero attached hydrogens (tertiary/aromatic N) is 1. The first-order valence-electron chi connectivity index (χ1n) is 6.28. The van der Waals surface area contributed by atoms with Crippen LogP contribution in [0.4, 0.5) is 21.0 Å². The molecule has 0 saturated carbocycles. The van der Waals surface area contributed by atoms with Gasteiger partial charge in [0.05, 0.1) is 10.7 Å². The normalized spacial score (nSPS) is 10.4. The van der Waals surface area contributed by atoms with Crippen LogP contribution in [-0.4, -0.2) is 17.4 Å². The Balaban J connectivity index is 2.16. The van der Waals surface area contributed by atoms with Gasteiger partial charge < -0.3 is 16.4 Å². The third-order valence-electron chi connectivity index (χ3n) is 2.59. The van der Waals surface area contributed by atoms with Crippen molar-refractivity contribution in [2.45, 2.75) is 13.3 Å². The van der Waals surface area contributed by atoms with Crippen molar-refractivity contribution in [2.24, 2.45) is 0 Å². The summed E-state index contributed by atoms with van der Waals surface area (Å²) in [7, 11) is 0. The standard InChI is InChI=1S/C13H14ClFN4OS/c1-2-6-17-13-19-11(16)10(21-13)12(20)18-8-5-3-4-7(14)9(8)15/h3-5H,2,6,16H2,1H3,(H,17,19)(H,18,20). The van der Waals surface area contributed by atoms with E-state index in [1.165, 1.54) is 12.1 Å². The molecule has 8 heteroatoms. The molecule has 0 fully saturated rings. The van der Waals surface area contributed by atoms with E-state index >= 15 is 0 Å². The van der Waals surface area contributed by atoms with Gasteiger partial charge in [-0.25, -0.2) is 9.37 Å². The number of benzene rings is 1.